The summed E-state index contributed by atoms with van der Waals surface area (Å²) in [4.78, 5) is 34.7. The highest BCUT2D eigenvalue weighted by atomic mass is 32.2. The second-order valence-corrected chi connectivity index (χ2v) is 5.83. The maximum absolute atomic E-state index is 11.6. The van der Waals surface area contributed by atoms with Gasteiger partial charge in [-0.15, -0.1) is 23.1 Å². The Bertz CT molecular complexity index is 460. The van der Waals surface area contributed by atoms with E-state index in [0.717, 1.165) is 4.88 Å². The van der Waals surface area contributed by atoms with E-state index >= 15 is 0 Å². The summed E-state index contributed by atoms with van der Waals surface area (Å²) >= 11 is 2.98. The fraction of sp³-hybridized carbons (Fsp3) is 0.417. The fourth-order valence-electron chi connectivity index (χ4n) is 1.33. The molecule has 1 atom stereocenters. The highest BCUT2D eigenvalue weighted by molar-refractivity contribution is 7.99. The molecule has 20 heavy (non-hydrogen) atoms. The van der Waals surface area contributed by atoms with E-state index in [1.807, 2.05) is 17.5 Å². The monoisotopic (exact) mass is 317 g/mol. The van der Waals surface area contributed by atoms with Crippen LogP contribution in [0, 0.1) is 0 Å². The lowest BCUT2D eigenvalue weighted by molar-refractivity contribution is -0.148. The smallest absolute Gasteiger partial charge is 0.326 e. The van der Waals surface area contributed by atoms with Gasteiger partial charge in [-0.1, -0.05) is 6.07 Å². The van der Waals surface area contributed by atoms with Gasteiger partial charge in [0.25, 0.3) is 0 Å². The van der Waals surface area contributed by atoms with Gasteiger partial charge < -0.3 is 15.2 Å². The van der Waals surface area contributed by atoms with Crippen LogP contribution in [0.15, 0.2) is 17.5 Å². The predicted octanol–water partition coefficient (Wildman–Crippen LogP) is 1.11. The van der Waals surface area contributed by atoms with Crippen LogP contribution in [0.25, 0.3) is 0 Å². The van der Waals surface area contributed by atoms with E-state index < -0.39 is 23.9 Å². The van der Waals surface area contributed by atoms with Gasteiger partial charge in [0, 0.05) is 10.6 Å². The second kappa shape index (κ2) is 8.60. The zero-order chi connectivity index (χ0) is 15.0. The third-order valence-corrected chi connectivity index (χ3v) is 4.33. The van der Waals surface area contributed by atoms with Gasteiger partial charge in [0.2, 0.25) is 5.91 Å². The number of esters is 1. The molecule has 0 aliphatic carbocycles. The van der Waals surface area contributed by atoms with E-state index in [1.54, 1.807) is 11.3 Å². The molecule has 0 aromatic carbocycles. The Balaban J connectivity index is 2.34. The summed E-state index contributed by atoms with van der Waals surface area (Å²) in [5, 5.41) is 13.2. The number of ether oxygens (including phenoxy) is 1. The van der Waals surface area contributed by atoms with E-state index in [1.165, 1.54) is 18.9 Å². The first-order valence-electron chi connectivity index (χ1n) is 5.72. The average Bonchev–Trinajstić information content (AvgIpc) is 2.90. The van der Waals surface area contributed by atoms with Crippen molar-refractivity contribution in [3.8, 4) is 0 Å². The maximum Gasteiger partial charge on any atom is 0.326 e. The van der Waals surface area contributed by atoms with Crippen molar-refractivity contribution >= 4 is 40.9 Å². The van der Waals surface area contributed by atoms with Crippen LogP contribution in [0.4, 0.5) is 0 Å². The van der Waals surface area contributed by atoms with Gasteiger partial charge >= 0.3 is 11.9 Å². The number of aliphatic carboxylic acids is 1. The van der Waals surface area contributed by atoms with E-state index in [2.05, 4.69) is 10.1 Å². The highest BCUT2D eigenvalue weighted by Gasteiger charge is 2.23. The molecule has 0 aliphatic heterocycles. The van der Waals surface area contributed by atoms with Gasteiger partial charge in [-0.3, -0.25) is 9.59 Å². The number of hydrogen-bond acceptors (Lipinski definition) is 6. The van der Waals surface area contributed by atoms with Crippen LogP contribution in [0.5, 0.6) is 0 Å². The molecule has 8 heteroatoms. The first-order chi connectivity index (χ1) is 9.52. The lowest BCUT2D eigenvalue weighted by Crippen LogP contribution is -2.43. The van der Waals surface area contributed by atoms with Gasteiger partial charge in [0.15, 0.2) is 0 Å². The zero-order valence-electron chi connectivity index (χ0n) is 10.8. The van der Waals surface area contributed by atoms with Crippen molar-refractivity contribution in [1.29, 1.82) is 0 Å². The summed E-state index contributed by atoms with van der Waals surface area (Å²) in [6.07, 6.45) is -0.382. The van der Waals surface area contributed by atoms with E-state index in [9.17, 15) is 14.4 Å². The van der Waals surface area contributed by atoms with Crippen LogP contribution in [-0.2, 0) is 24.9 Å². The van der Waals surface area contributed by atoms with E-state index in [-0.39, 0.29) is 12.2 Å². The lowest BCUT2D eigenvalue weighted by Gasteiger charge is -2.12. The van der Waals surface area contributed by atoms with Crippen LogP contribution in [0.3, 0.4) is 0 Å². The van der Waals surface area contributed by atoms with Gasteiger partial charge in [-0.25, -0.2) is 4.79 Å². The summed E-state index contributed by atoms with van der Waals surface area (Å²) in [5.41, 5.74) is 0. The third-order valence-electron chi connectivity index (χ3n) is 2.29. The summed E-state index contributed by atoms with van der Waals surface area (Å²) in [6.45, 7) is 0. The number of carboxylic acid groups (broad SMARTS) is 1. The van der Waals surface area contributed by atoms with Gasteiger partial charge in [0.05, 0.1) is 19.3 Å². The lowest BCUT2D eigenvalue weighted by atomic mass is 10.2. The number of thioether (sulfide) groups is 1. The van der Waals surface area contributed by atoms with Gasteiger partial charge in [-0.05, 0) is 11.4 Å². The van der Waals surface area contributed by atoms with Gasteiger partial charge in [-0.2, -0.15) is 0 Å². The molecule has 0 saturated carbocycles. The molecule has 2 N–H and O–H groups in total. The summed E-state index contributed by atoms with van der Waals surface area (Å²) in [7, 11) is 1.17. The highest BCUT2D eigenvalue weighted by Crippen LogP contribution is 2.16. The molecule has 110 valence electrons. The topological polar surface area (TPSA) is 92.7 Å². The third kappa shape index (κ3) is 6.07. The fourth-order valence-corrected chi connectivity index (χ4v) is 3.00. The number of nitrogens with one attached hydrogen (secondary N) is 1. The standard InChI is InChI=1S/C12H15NO5S2/c1-18-11(15)5-9(12(16)17)13-10(14)7-19-6-8-3-2-4-20-8/h2-4,9H,5-7H2,1H3,(H,13,14)(H,16,17)/t9-/m0/s1. The minimum atomic E-state index is -1.26. The molecule has 0 spiro atoms. The molecule has 6 nitrogen and oxygen atoms in total. The molecule has 1 aromatic heterocycles. The first kappa shape index (κ1) is 16.5. The summed E-state index contributed by atoms with van der Waals surface area (Å²) in [5.74, 6) is -1.51. The zero-order valence-corrected chi connectivity index (χ0v) is 12.5. The van der Waals surface area contributed by atoms with Crippen molar-refractivity contribution in [2.45, 2.75) is 18.2 Å². The van der Waals surface area contributed by atoms with Crippen molar-refractivity contribution in [3.63, 3.8) is 0 Å². The van der Waals surface area contributed by atoms with Crippen molar-refractivity contribution in [2.24, 2.45) is 0 Å². The molecule has 0 radical (unpaired) electrons. The molecule has 0 bridgehead atoms. The predicted molar refractivity (Wildman–Crippen MR) is 76.7 cm³/mol. The number of hydrogen-bond donors (Lipinski definition) is 2. The van der Waals surface area contributed by atoms with Crippen LogP contribution in [-0.4, -0.2) is 41.9 Å². The van der Waals surface area contributed by atoms with Gasteiger partial charge in [0.1, 0.15) is 6.04 Å². The largest absolute Gasteiger partial charge is 0.480 e. The number of methoxy groups -OCH3 is 1. The average molecular weight is 317 g/mol. The molecular formula is C12H15NO5S2. The van der Waals surface area contributed by atoms with Crippen LogP contribution >= 0.6 is 23.1 Å². The Morgan fingerprint density at radius 1 is 1.50 bits per heavy atom. The van der Waals surface area contributed by atoms with Crippen molar-refractivity contribution in [2.75, 3.05) is 12.9 Å². The normalized spacial score (nSPS) is 11.7. The summed E-state index contributed by atoms with van der Waals surface area (Å²) in [6, 6.07) is 2.64. The van der Waals surface area contributed by atoms with Crippen LogP contribution in [0.1, 0.15) is 11.3 Å². The molecule has 1 heterocycles. The van der Waals surface area contributed by atoms with Crippen molar-refractivity contribution < 1.29 is 24.2 Å². The molecule has 0 unspecified atom stereocenters. The van der Waals surface area contributed by atoms with Crippen LogP contribution < -0.4 is 5.32 Å². The Morgan fingerprint density at radius 2 is 2.25 bits per heavy atom. The minimum Gasteiger partial charge on any atom is -0.480 e. The molecule has 1 aromatic rings. The van der Waals surface area contributed by atoms with E-state index in [0.29, 0.717) is 5.75 Å². The number of amides is 1. The molecule has 0 fully saturated rings. The summed E-state index contributed by atoms with van der Waals surface area (Å²) < 4.78 is 4.39. The second-order valence-electron chi connectivity index (χ2n) is 3.81. The molecule has 0 saturated heterocycles. The Labute approximate surface area is 124 Å². The Hall–Kier alpha value is -1.54. The van der Waals surface area contributed by atoms with E-state index in [4.69, 9.17) is 5.11 Å². The van der Waals surface area contributed by atoms with Crippen molar-refractivity contribution in [1.82, 2.24) is 5.32 Å². The molecular weight excluding hydrogens is 302 g/mol. The number of carbonyl (C=O) groups excluding carboxylic acids is 2. The number of thiophene rings is 1. The maximum atomic E-state index is 11.6. The van der Waals surface area contributed by atoms with Crippen molar-refractivity contribution in [3.05, 3.63) is 22.4 Å². The minimum absolute atomic E-state index is 0.142. The van der Waals surface area contributed by atoms with Crippen LogP contribution in [0.2, 0.25) is 0 Å². The Morgan fingerprint density at radius 3 is 2.80 bits per heavy atom. The molecule has 0 aliphatic rings. The Kier molecular flexibility index (Phi) is 7.10. The number of carbonyl (C=O) groups is 3. The number of carboxylic acids is 1. The molecule has 1 amide bonds. The SMILES string of the molecule is COC(=O)C[C@H](NC(=O)CSCc1cccs1)C(=O)O. The first-order valence-corrected chi connectivity index (χ1v) is 7.75. The number of rotatable bonds is 8. The quantitative estimate of drug-likeness (QED) is 0.698. The molecule has 1 rings (SSSR count).